The fraction of sp³-hybridized carbons (Fsp3) is 0.125. The van der Waals surface area contributed by atoms with Crippen molar-refractivity contribution in [3.63, 3.8) is 0 Å². The molecule has 14 heavy (non-hydrogen) atoms. The molecule has 1 amide bonds. The number of carbonyl (C=O) groups excluding carboxylic acids is 1. The van der Waals surface area contributed by atoms with Crippen molar-refractivity contribution in [2.24, 2.45) is 0 Å². The standard InChI is InChI=1S/C8H5F4NO/c1-3(14)13-8-5(10)2-4(9)6(11)7(8)12/h2H,1H3,(H,13,14). The number of hydrogen-bond acceptors (Lipinski definition) is 1. The predicted octanol–water partition coefficient (Wildman–Crippen LogP) is 2.20. The maximum absolute atomic E-state index is 12.8. The normalized spacial score (nSPS) is 10.1. The third kappa shape index (κ3) is 1.84. The third-order valence-electron chi connectivity index (χ3n) is 1.42. The number of halogens is 4. The first-order valence-electron chi connectivity index (χ1n) is 3.54. The number of carbonyl (C=O) groups is 1. The van der Waals surface area contributed by atoms with Gasteiger partial charge in [0.05, 0.1) is 0 Å². The van der Waals surface area contributed by atoms with E-state index in [1.165, 1.54) is 0 Å². The Morgan fingerprint density at radius 3 is 2.21 bits per heavy atom. The van der Waals surface area contributed by atoms with Crippen LogP contribution < -0.4 is 5.32 Å². The van der Waals surface area contributed by atoms with Crippen LogP contribution in [0.3, 0.4) is 0 Å². The highest BCUT2D eigenvalue weighted by Gasteiger charge is 2.19. The first-order chi connectivity index (χ1) is 6.43. The SMILES string of the molecule is CC(=O)Nc1c(F)cc(F)c(F)c1F. The summed E-state index contributed by atoms with van der Waals surface area (Å²) in [6, 6.07) is 0.156. The van der Waals surface area contributed by atoms with Crippen LogP contribution in [0.4, 0.5) is 23.2 Å². The summed E-state index contributed by atoms with van der Waals surface area (Å²) in [6.07, 6.45) is 0. The number of nitrogens with one attached hydrogen (secondary N) is 1. The van der Waals surface area contributed by atoms with Gasteiger partial charge in [0, 0.05) is 13.0 Å². The Bertz CT molecular complexity index is 391. The number of amides is 1. The smallest absolute Gasteiger partial charge is 0.221 e. The number of hydrogen-bond donors (Lipinski definition) is 1. The molecular weight excluding hydrogens is 202 g/mol. The van der Waals surface area contributed by atoms with Gasteiger partial charge in [-0.3, -0.25) is 4.79 Å². The first kappa shape index (κ1) is 10.5. The summed E-state index contributed by atoms with van der Waals surface area (Å²) >= 11 is 0. The van der Waals surface area contributed by atoms with Gasteiger partial charge in [-0.1, -0.05) is 0 Å². The second kappa shape index (κ2) is 3.65. The third-order valence-corrected chi connectivity index (χ3v) is 1.42. The van der Waals surface area contributed by atoms with Crippen LogP contribution >= 0.6 is 0 Å². The molecule has 0 radical (unpaired) electrons. The van der Waals surface area contributed by atoms with E-state index < -0.39 is 34.9 Å². The van der Waals surface area contributed by atoms with E-state index in [1.54, 1.807) is 5.32 Å². The van der Waals surface area contributed by atoms with Crippen LogP contribution in [-0.2, 0) is 4.79 Å². The van der Waals surface area contributed by atoms with Crippen molar-refractivity contribution < 1.29 is 22.4 Å². The van der Waals surface area contributed by atoms with Gasteiger partial charge in [-0.15, -0.1) is 0 Å². The number of rotatable bonds is 1. The van der Waals surface area contributed by atoms with E-state index in [2.05, 4.69) is 0 Å². The van der Waals surface area contributed by atoms with E-state index in [9.17, 15) is 22.4 Å². The van der Waals surface area contributed by atoms with Gasteiger partial charge >= 0.3 is 0 Å². The molecule has 0 fully saturated rings. The molecule has 2 nitrogen and oxygen atoms in total. The van der Waals surface area contributed by atoms with Crippen molar-refractivity contribution >= 4 is 11.6 Å². The average molecular weight is 207 g/mol. The Hall–Kier alpha value is -1.59. The number of benzene rings is 1. The molecule has 0 aromatic heterocycles. The minimum atomic E-state index is -1.82. The zero-order chi connectivity index (χ0) is 10.9. The number of anilines is 1. The van der Waals surface area contributed by atoms with Crippen molar-refractivity contribution in [1.82, 2.24) is 0 Å². The Labute approximate surface area is 76.5 Å². The molecule has 0 bridgehead atoms. The van der Waals surface area contributed by atoms with Gasteiger partial charge < -0.3 is 5.32 Å². The highest BCUT2D eigenvalue weighted by molar-refractivity contribution is 5.88. The van der Waals surface area contributed by atoms with Crippen molar-refractivity contribution in [2.45, 2.75) is 6.92 Å². The van der Waals surface area contributed by atoms with Gasteiger partial charge in [-0.05, 0) is 0 Å². The average Bonchev–Trinajstić information content (AvgIpc) is 2.09. The van der Waals surface area contributed by atoms with Crippen LogP contribution in [0.25, 0.3) is 0 Å². The van der Waals surface area contributed by atoms with Crippen LogP contribution in [0.2, 0.25) is 0 Å². The predicted molar refractivity (Wildman–Crippen MR) is 40.6 cm³/mol. The summed E-state index contributed by atoms with van der Waals surface area (Å²) in [6.45, 7) is 0.986. The molecule has 1 aromatic carbocycles. The van der Waals surface area contributed by atoms with Gasteiger partial charge in [0.1, 0.15) is 5.69 Å². The van der Waals surface area contributed by atoms with Crippen molar-refractivity contribution in [3.05, 3.63) is 29.3 Å². The molecule has 0 unspecified atom stereocenters. The molecule has 0 saturated heterocycles. The summed E-state index contributed by atoms with van der Waals surface area (Å²) in [7, 11) is 0. The summed E-state index contributed by atoms with van der Waals surface area (Å²) in [5, 5.41) is 1.71. The van der Waals surface area contributed by atoms with Crippen LogP contribution in [-0.4, -0.2) is 5.91 Å². The molecule has 6 heteroatoms. The molecule has 0 spiro atoms. The maximum Gasteiger partial charge on any atom is 0.221 e. The van der Waals surface area contributed by atoms with E-state index in [1.807, 2.05) is 0 Å². The molecule has 0 saturated carbocycles. The minimum absolute atomic E-state index is 0.156. The molecule has 0 aliphatic carbocycles. The quantitative estimate of drug-likeness (QED) is 0.427. The Kier molecular flexibility index (Phi) is 2.73. The molecule has 1 aromatic rings. The van der Waals surface area contributed by atoms with E-state index in [0.717, 1.165) is 6.92 Å². The summed E-state index contributed by atoms with van der Waals surface area (Å²) in [4.78, 5) is 10.5. The van der Waals surface area contributed by atoms with Crippen LogP contribution in [0.5, 0.6) is 0 Å². The van der Waals surface area contributed by atoms with E-state index in [0.29, 0.717) is 0 Å². The van der Waals surface area contributed by atoms with Crippen LogP contribution in [0, 0.1) is 23.3 Å². The molecule has 0 heterocycles. The molecule has 0 atom stereocenters. The lowest BCUT2D eigenvalue weighted by Crippen LogP contribution is -2.11. The summed E-state index contributed by atoms with van der Waals surface area (Å²) < 4.78 is 50.5. The summed E-state index contributed by atoms with van der Waals surface area (Å²) in [5.74, 6) is -7.37. The topological polar surface area (TPSA) is 29.1 Å². The molecular formula is C8H5F4NO. The Morgan fingerprint density at radius 1 is 1.14 bits per heavy atom. The van der Waals surface area contributed by atoms with Gasteiger partial charge in [0.15, 0.2) is 23.3 Å². The minimum Gasteiger partial charge on any atom is -0.321 e. The van der Waals surface area contributed by atoms with Crippen LogP contribution in [0.1, 0.15) is 6.92 Å². The fourth-order valence-electron chi connectivity index (χ4n) is 0.857. The van der Waals surface area contributed by atoms with E-state index in [4.69, 9.17) is 0 Å². The van der Waals surface area contributed by atoms with E-state index >= 15 is 0 Å². The second-order valence-corrected chi connectivity index (χ2v) is 2.52. The lowest BCUT2D eigenvalue weighted by molar-refractivity contribution is -0.114. The fourth-order valence-corrected chi connectivity index (χ4v) is 0.857. The monoisotopic (exact) mass is 207 g/mol. The van der Waals surface area contributed by atoms with Crippen molar-refractivity contribution in [1.29, 1.82) is 0 Å². The van der Waals surface area contributed by atoms with E-state index in [-0.39, 0.29) is 6.07 Å². The zero-order valence-electron chi connectivity index (χ0n) is 7.00. The van der Waals surface area contributed by atoms with Crippen molar-refractivity contribution in [3.8, 4) is 0 Å². The van der Waals surface area contributed by atoms with Gasteiger partial charge in [0.2, 0.25) is 5.91 Å². The van der Waals surface area contributed by atoms with Crippen LogP contribution in [0.15, 0.2) is 6.07 Å². The summed E-state index contributed by atoms with van der Waals surface area (Å²) in [5.41, 5.74) is -0.989. The molecule has 76 valence electrons. The lowest BCUT2D eigenvalue weighted by Gasteiger charge is -2.06. The maximum atomic E-state index is 12.8. The second-order valence-electron chi connectivity index (χ2n) is 2.52. The molecule has 1 rings (SSSR count). The van der Waals surface area contributed by atoms with Gasteiger partial charge in [-0.25, -0.2) is 17.6 Å². The largest absolute Gasteiger partial charge is 0.321 e. The Balaban J connectivity index is 3.29. The molecule has 0 aliphatic heterocycles. The van der Waals surface area contributed by atoms with Gasteiger partial charge in [-0.2, -0.15) is 0 Å². The lowest BCUT2D eigenvalue weighted by atomic mass is 10.2. The Morgan fingerprint density at radius 2 is 1.71 bits per heavy atom. The zero-order valence-corrected chi connectivity index (χ0v) is 7.00. The highest BCUT2D eigenvalue weighted by atomic mass is 19.2. The molecule has 1 N–H and O–H groups in total. The molecule has 0 aliphatic rings. The highest BCUT2D eigenvalue weighted by Crippen LogP contribution is 2.23. The van der Waals surface area contributed by atoms with Gasteiger partial charge in [0.25, 0.3) is 0 Å². The van der Waals surface area contributed by atoms with Crippen molar-refractivity contribution in [2.75, 3.05) is 5.32 Å². The first-order valence-corrected chi connectivity index (χ1v) is 3.54.